The van der Waals surface area contributed by atoms with Crippen LogP contribution in [0.15, 0.2) is 40.5 Å². The van der Waals surface area contributed by atoms with Gasteiger partial charge < -0.3 is 15.2 Å². The van der Waals surface area contributed by atoms with Crippen LogP contribution in [0.2, 0.25) is 0 Å². The van der Waals surface area contributed by atoms with E-state index in [2.05, 4.69) is 51.2 Å². The lowest BCUT2D eigenvalue weighted by molar-refractivity contribution is 0.622. The minimum Gasteiger partial charge on any atom is -0.356 e. The smallest absolute Gasteiger partial charge is 0.191 e. The van der Waals surface area contributed by atoms with Crippen LogP contribution in [0.25, 0.3) is 0 Å². The second-order valence-corrected chi connectivity index (χ2v) is 8.06. The molecule has 0 spiro atoms. The molecule has 2 aromatic rings. The Morgan fingerprint density at radius 2 is 1.93 bits per heavy atom. The number of aromatic nitrogens is 3. The van der Waals surface area contributed by atoms with Gasteiger partial charge in [0.05, 0.1) is 0 Å². The van der Waals surface area contributed by atoms with Gasteiger partial charge in [-0.05, 0) is 42.4 Å². The summed E-state index contributed by atoms with van der Waals surface area (Å²) in [4.78, 5) is 5.75. The number of guanidine groups is 1. The van der Waals surface area contributed by atoms with E-state index < -0.39 is 0 Å². The molecule has 0 bridgehead atoms. The minimum absolute atomic E-state index is 0. The van der Waals surface area contributed by atoms with Crippen molar-refractivity contribution in [1.29, 1.82) is 0 Å². The van der Waals surface area contributed by atoms with Crippen molar-refractivity contribution >= 4 is 41.7 Å². The topological polar surface area (TPSA) is 67.1 Å². The highest BCUT2D eigenvalue weighted by Crippen LogP contribution is 2.18. The highest BCUT2D eigenvalue weighted by molar-refractivity contribution is 14.0. The fourth-order valence-corrected chi connectivity index (χ4v) is 3.34. The molecular formula is C20H32FIN6S. The van der Waals surface area contributed by atoms with Gasteiger partial charge in [-0.1, -0.05) is 20.8 Å². The number of nitrogens with one attached hydrogen (secondary N) is 2. The Labute approximate surface area is 194 Å². The first-order chi connectivity index (χ1) is 13.6. The minimum atomic E-state index is -0.194. The van der Waals surface area contributed by atoms with Gasteiger partial charge in [-0.3, -0.25) is 4.99 Å². The van der Waals surface area contributed by atoms with Crippen molar-refractivity contribution < 1.29 is 4.39 Å². The summed E-state index contributed by atoms with van der Waals surface area (Å²) in [6, 6.07) is 6.64. The molecule has 162 valence electrons. The van der Waals surface area contributed by atoms with Crippen LogP contribution in [-0.4, -0.2) is 46.1 Å². The van der Waals surface area contributed by atoms with Gasteiger partial charge >= 0.3 is 0 Å². The summed E-state index contributed by atoms with van der Waals surface area (Å²) in [6.07, 6.45) is 3.64. The second-order valence-electron chi connectivity index (χ2n) is 6.89. The molecule has 0 unspecified atom stereocenters. The molecule has 0 saturated heterocycles. The van der Waals surface area contributed by atoms with Crippen LogP contribution >= 0.6 is 35.7 Å². The third-order valence-electron chi connectivity index (χ3n) is 3.97. The van der Waals surface area contributed by atoms with Crippen LogP contribution in [0.5, 0.6) is 0 Å². The lowest BCUT2D eigenvalue weighted by atomic mass is 10.2. The van der Waals surface area contributed by atoms with Crippen LogP contribution in [0.1, 0.15) is 33.0 Å². The zero-order chi connectivity index (χ0) is 20.2. The van der Waals surface area contributed by atoms with Crippen molar-refractivity contribution in [2.45, 2.75) is 45.1 Å². The first-order valence-corrected chi connectivity index (χ1v) is 10.8. The molecule has 0 atom stereocenters. The predicted molar refractivity (Wildman–Crippen MR) is 130 cm³/mol. The molecule has 0 aliphatic carbocycles. The number of hydrogen-bond donors (Lipinski definition) is 2. The Morgan fingerprint density at radius 1 is 1.21 bits per heavy atom. The van der Waals surface area contributed by atoms with E-state index in [1.807, 2.05) is 12.1 Å². The summed E-state index contributed by atoms with van der Waals surface area (Å²) in [5.41, 5.74) is 0. The fraction of sp³-hybridized carbons (Fsp3) is 0.550. The molecule has 0 radical (unpaired) electrons. The predicted octanol–water partition coefficient (Wildman–Crippen LogP) is 3.97. The fourth-order valence-electron chi connectivity index (χ4n) is 2.48. The first kappa shape index (κ1) is 25.7. The van der Waals surface area contributed by atoms with Gasteiger partial charge in [-0.15, -0.1) is 45.9 Å². The van der Waals surface area contributed by atoms with Crippen LogP contribution < -0.4 is 10.6 Å². The molecule has 0 aliphatic heterocycles. The van der Waals surface area contributed by atoms with E-state index in [0.717, 1.165) is 61.5 Å². The van der Waals surface area contributed by atoms with Gasteiger partial charge in [0.1, 0.15) is 18.0 Å². The van der Waals surface area contributed by atoms with E-state index in [4.69, 9.17) is 0 Å². The zero-order valence-electron chi connectivity index (χ0n) is 17.4. The Hall–Kier alpha value is -1.36. The third kappa shape index (κ3) is 10.3. The highest BCUT2D eigenvalue weighted by Gasteiger charge is 2.03. The largest absolute Gasteiger partial charge is 0.356 e. The Morgan fingerprint density at radius 3 is 2.62 bits per heavy atom. The molecule has 6 nitrogen and oxygen atoms in total. The van der Waals surface area contributed by atoms with Crippen molar-refractivity contribution in [3.05, 3.63) is 42.2 Å². The summed E-state index contributed by atoms with van der Waals surface area (Å²) in [5.74, 6) is 3.12. The number of aliphatic imine (C=N–C) groups is 1. The number of nitrogens with zero attached hydrogens (tertiary/aromatic N) is 4. The molecule has 0 amide bonds. The molecule has 2 N–H and O–H groups in total. The SMILES string of the molecule is CCc1nncn1CCNC(=NCC(C)C)NCCCSc1ccc(F)cc1.I. The van der Waals surface area contributed by atoms with E-state index in [-0.39, 0.29) is 29.8 Å². The lowest BCUT2D eigenvalue weighted by Crippen LogP contribution is -2.40. The lowest BCUT2D eigenvalue weighted by Gasteiger charge is -2.14. The van der Waals surface area contributed by atoms with E-state index in [1.165, 1.54) is 12.1 Å². The van der Waals surface area contributed by atoms with Crippen molar-refractivity contribution in [2.24, 2.45) is 10.9 Å². The van der Waals surface area contributed by atoms with Gasteiger partial charge in [0, 0.05) is 37.5 Å². The van der Waals surface area contributed by atoms with Crippen LogP contribution in [0, 0.1) is 11.7 Å². The number of thioether (sulfide) groups is 1. The van der Waals surface area contributed by atoms with Crippen LogP contribution in [0.4, 0.5) is 4.39 Å². The Bertz CT molecular complexity index is 720. The molecular weight excluding hydrogens is 502 g/mol. The normalized spacial score (nSPS) is 11.4. The standard InChI is InChI=1S/C20H31FN6S.HI/c1-4-19-26-25-15-27(19)12-11-23-20(24-14-16(2)3)22-10-5-13-28-18-8-6-17(21)7-9-18;/h6-9,15-16H,4-5,10-14H2,1-3H3,(H2,22,23,24);1H. The van der Waals surface area contributed by atoms with Crippen molar-refractivity contribution in [3.8, 4) is 0 Å². The maximum atomic E-state index is 12.9. The maximum absolute atomic E-state index is 12.9. The number of hydrogen-bond acceptors (Lipinski definition) is 4. The summed E-state index contributed by atoms with van der Waals surface area (Å²) < 4.78 is 15.0. The highest BCUT2D eigenvalue weighted by atomic mass is 127. The quantitative estimate of drug-likeness (QED) is 0.150. The van der Waals surface area contributed by atoms with E-state index in [9.17, 15) is 4.39 Å². The third-order valence-corrected chi connectivity index (χ3v) is 5.07. The van der Waals surface area contributed by atoms with Crippen LogP contribution in [0.3, 0.4) is 0 Å². The molecule has 0 saturated carbocycles. The van der Waals surface area contributed by atoms with E-state index in [1.54, 1.807) is 18.1 Å². The second kappa shape index (κ2) is 14.6. The van der Waals surface area contributed by atoms with Gasteiger partial charge in [-0.25, -0.2) is 4.39 Å². The van der Waals surface area contributed by atoms with Gasteiger partial charge in [0.2, 0.25) is 0 Å². The number of benzene rings is 1. The molecule has 0 aliphatic rings. The number of rotatable bonds is 11. The van der Waals surface area contributed by atoms with E-state index >= 15 is 0 Å². The molecule has 1 heterocycles. The maximum Gasteiger partial charge on any atom is 0.191 e. The monoisotopic (exact) mass is 534 g/mol. The molecule has 0 fully saturated rings. The summed E-state index contributed by atoms with van der Waals surface area (Å²) in [5, 5.41) is 14.9. The van der Waals surface area contributed by atoms with Gasteiger partial charge in [-0.2, -0.15) is 0 Å². The first-order valence-electron chi connectivity index (χ1n) is 9.85. The average Bonchev–Trinajstić information content (AvgIpc) is 3.14. The van der Waals surface area contributed by atoms with E-state index in [0.29, 0.717) is 5.92 Å². The van der Waals surface area contributed by atoms with Crippen molar-refractivity contribution in [3.63, 3.8) is 0 Å². The average molecular weight is 534 g/mol. The van der Waals surface area contributed by atoms with Crippen LogP contribution in [-0.2, 0) is 13.0 Å². The zero-order valence-corrected chi connectivity index (χ0v) is 20.5. The van der Waals surface area contributed by atoms with Gasteiger partial charge in [0.25, 0.3) is 0 Å². The number of halogens is 2. The molecule has 29 heavy (non-hydrogen) atoms. The molecule has 9 heteroatoms. The number of aryl methyl sites for hydroxylation is 1. The summed E-state index contributed by atoms with van der Waals surface area (Å²) in [6.45, 7) is 9.58. The van der Waals surface area contributed by atoms with Crippen molar-refractivity contribution in [2.75, 3.05) is 25.4 Å². The van der Waals surface area contributed by atoms with Gasteiger partial charge in [0.15, 0.2) is 5.96 Å². The summed E-state index contributed by atoms with van der Waals surface area (Å²) >= 11 is 1.74. The summed E-state index contributed by atoms with van der Waals surface area (Å²) in [7, 11) is 0. The molecule has 1 aromatic carbocycles. The van der Waals surface area contributed by atoms with Crippen molar-refractivity contribution in [1.82, 2.24) is 25.4 Å². The Kier molecular flexibility index (Phi) is 12.9. The Balaban J connectivity index is 0.00000420. The molecule has 2 rings (SSSR count). The molecule has 1 aromatic heterocycles.